The number of benzene rings is 2. The van der Waals surface area contributed by atoms with Crippen LogP contribution >= 0.6 is 0 Å². The van der Waals surface area contributed by atoms with E-state index in [1.165, 1.54) is 12.1 Å². The van der Waals surface area contributed by atoms with Crippen molar-refractivity contribution >= 4 is 15.9 Å². The molecule has 0 aromatic heterocycles. The van der Waals surface area contributed by atoms with Crippen molar-refractivity contribution in [1.82, 2.24) is 9.62 Å². The van der Waals surface area contributed by atoms with Crippen molar-refractivity contribution in [1.29, 1.82) is 0 Å². The molecule has 0 spiro atoms. The maximum Gasteiger partial charge on any atom is 0.240 e. The van der Waals surface area contributed by atoms with E-state index in [0.29, 0.717) is 25.1 Å². The van der Waals surface area contributed by atoms with E-state index in [0.717, 1.165) is 11.1 Å². The second-order valence-corrected chi connectivity index (χ2v) is 8.83. The topological polar surface area (TPSA) is 66.5 Å². The number of amides is 1. The minimum absolute atomic E-state index is 0.0185. The molecule has 1 heterocycles. The molecule has 1 atom stereocenters. The highest BCUT2D eigenvalue weighted by molar-refractivity contribution is 7.89. The van der Waals surface area contributed by atoms with Crippen LogP contribution in [0.5, 0.6) is 0 Å². The summed E-state index contributed by atoms with van der Waals surface area (Å²) in [6, 6.07) is 11.2. The monoisotopic (exact) mass is 390 g/mol. The first-order valence-corrected chi connectivity index (χ1v) is 10.3. The van der Waals surface area contributed by atoms with E-state index >= 15 is 0 Å². The van der Waals surface area contributed by atoms with E-state index in [2.05, 4.69) is 4.72 Å². The van der Waals surface area contributed by atoms with Gasteiger partial charge in [0.1, 0.15) is 5.82 Å². The molecule has 7 heteroatoms. The molecule has 1 N–H and O–H groups in total. The summed E-state index contributed by atoms with van der Waals surface area (Å²) in [7, 11) is -3.62. The summed E-state index contributed by atoms with van der Waals surface area (Å²) < 4.78 is 40.8. The summed E-state index contributed by atoms with van der Waals surface area (Å²) in [6.07, 6.45) is 0.302. The van der Waals surface area contributed by atoms with Gasteiger partial charge in [-0.3, -0.25) is 4.79 Å². The fourth-order valence-electron chi connectivity index (χ4n) is 3.36. The van der Waals surface area contributed by atoms with Crippen LogP contribution < -0.4 is 4.72 Å². The molecule has 1 aliphatic heterocycles. The van der Waals surface area contributed by atoms with Crippen LogP contribution in [0.1, 0.15) is 23.1 Å². The molecule has 144 valence electrons. The van der Waals surface area contributed by atoms with Crippen LogP contribution in [0.15, 0.2) is 47.4 Å². The van der Waals surface area contributed by atoms with Crippen molar-refractivity contribution < 1.29 is 17.6 Å². The molecule has 1 saturated heterocycles. The third-order valence-electron chi connectivity index (χ3n) is 4.76. The fraction of sp³-hybridized carbons (Fsp3) is 0.350. The van der Waals surface area contributed by atoms with Gasteiger partial charge in [-0.2, -0.15) is 0 Å². The molecule has 27 heavy (non-hydrogen) atoms. The quantitative estimate of drug-likeness (QED) is 0.825. The van der Waals surface area contributed by atoms with Gasteiger partial charge in [-0.1, -0.05) is 29.8 Å². The van der Waals surface area contributed by atoms with E-state index in [4.69, 9.17) is 0 Å². The van der Waals surface area contributed by atoms with Crippen LogP contribution in [0, 0.1) is 25.6 Å². The highest BCUT2D eigenvalue weighted by Gasteiger charge is 2.30. The van der Waals surface area contributed by atoms with Crippen LogP contribution in [0.2, 0.25) is 0 Å². The SMILES string of the molecule is Cc1ccc(S(=O)(=O)NC[C@H]2CC(=O)N(Cc3ccc(F)cc3)C2)c(C)c1. The van der Waals surface area contributed by atoms with Crippen LogP contribution in [0.4, 0.5) is 4.39 Å². The first-order chi connectivity index (χ1) is 12.7. The summed E-state index contributed by atoms with van der Waals surface area (Å²) in [6.45, 7) is 4.77. The Bertz CT molecular complexity index is 942. The van der Waals surface area contributed by atoms with Gasteiger partial charge in [0.25, 0.3) is 0 Å². The molecule has 2 aromatic carbocycles. The van der Waals surface area contributed by atoms with Gasteiger partial charge in [-0.25, -0.2) is 17.5 Å². The molecular formula is C20H23FN2O3S. The Balaban J connectivity index is 1.60. The molecule has 0 bridgehead atoms. The zero-order chi connectivity index (χ0) is 19.6. The minimum atomic E-state index is -3.62. The van der Waals surface area contributed by atoms with Crippen molar-refractivity contribution in [3.8, 4) is 0 Å². The van der Waals surface area contributed by atoms with Crippen LogP contribution in [-0.4, -0.2) is 32.3 Å². The maximum absolute atomic E-state index is 13.0. The van der Waals surface area contributed by atoms with Crippen molar-refractivity contribution in [3.63, 3.8) is 0 Å². The third-order valence-corrected chi connectivity index (χ3v) is 6.35. The molecule has 1 amide bonds. The lowest BCUT2D eigenvalue weighted by molar-refractivity contribution is -0.128. The number of likely N-dealkylation sites (tertiary alicyclic amines) is 1. The van der Waals surface area contributed by atoms with Gasteiger partial charge in [0, 0.05) is 26.1 Å². The predicted octanol–water partition coefficient (Wildman–Crippen LogP) is 2.77. The van der Waals surface area contributed by atoms with Crippen LogP contribution in [0.25, 0.3) is 0 Å². The summed E-state index contributed by atoms with van der Waals surface area (Å²) in [5, 5.41) is 0. The second kappa shape index (κ2) is 7.78. The fourth-order valence-corrected chi connectivity index (χ4v) is 4.70. The molecule has 0 unspecified atom stereocenters. The zero-order valence-electron chi connectivity index (χ0n) is 15.4. The summed E-state index contributed by atoms with van der Waals surface area (Å²) in [4.78, 5) is 14.2. The first-order valence-electron chi connectivity index (χ1n) is 8.84. The Labute approximate surface area is 159 Å². The predicted molar refractivity (Wildman–Crippen MR) is 101 cm³/mol. The molecule has 0 radical (unpaired) electrons. The molecule has 0 aliphatic carbocycles. The Morgan fingerprint density at radius 2 is 1.85 bits per heavy atom. The van der Waals surface area contributed by atoms with Gasteiger partial charge in [0.15, 0.2) is 0 Å². The Kier molecular flexibility index (Phi) is 5.62. The minimum Gasteiger partial charge on any atom is -0.338 e. The summed E-state index contributed by atoms with van der Waals surface area (Å²) in [5.41, 5.74) is 2.55. The standard InChI is InChI=1S/C20H23FN2O3S/c1-14-3-8-19(15(2)9-14)27(25,26)22-11-17-10-20(24)23(13-17)12-16-4-6-18(21)7-5-16/h3-9,17,22H,10-13H2,1-2H3/t17-/m1/s1. The Hall–Kier alpha value is -2.25. The summed E-state index contributed by atoms with van der Waals surface area (Å²) >= 11 is 0. The average molecular weight is 390 g/mol. The highest BCUT2D eigenvalue weighted by atomic mass is 32.2. The largest absolute Gasteiger partial charge is 0.338 e. The lowest BCUT2D eigenvalue weighted by Gasteiger charge is -2.17. The van der Waals surface area contributed by atoms with E-state index < -0.39 is 10.0 Å². The number of hydrogen-bond acceptors (Lipinski definition) is 3. The number of hydrogen-bond donors (Lipinski definition) is 1. The van der Waals surface area contributed by atoms with Crippen LogP contribution in [-0.2, 0) is 21.4 Å². The molecule has 1 aliphatic rings. The van der Waals surface area contributed by atoms with E-state index in [1.807, 2.05) is 13.0 Å². The molecule has 5 nitrogen and oxygen atoms in total. The Morgan fingerprint density at radius 1 is 1.15 bits per heavy atom. The van der Waals surface area contributed by atoms with Gasteiger partial charge in [0.2, 0.25) is 15.9 Å². The van der Waals surface area contributed by atoms with Gasteiger partial charge in [0.05, 0.1) is 4.90 Å². The van der Waals surface area contributed by atoms with Crippen molar-refractivity contribution in [2.24, 2.45) is 5.92 Å². The number of sulfonamides is 1. The number of carbonyl (C=O) groups excluding carboxylic acids is 1. The van der Waals surface area contributed by atoms with Crippen molar-refractivity contribution in [3.05, 3.63) is 65.0 Å². The number of rotatable bonds is 6. The highest BCUT2D eigenvalue weighted by Crippen LogP contribution is 2.21. The van der Waals surface area contributed by atoms with E-state index in [-0.39, 0.29) is 29.1 Å². The zero-order valence-corrected chi connectivity index (χ0v) is 16.2. The number of aryl methyl sites for hydroxylation is 2. The van der Waals surface area contributed by atoms with E-state index in [1.54, 1.807) is 36.1 Å². The normalized spacial score (nSPS) is 17.5. The molecule has 0 saturated carbocycles. The lowest BCUT2D eigenvalue weighted by Crippen LogP contribution is -2.31. The van der Waals surface area contributed by atoms with Gasteiger partial charge in [-0.05, 0) is 49.1 Å². The third kappa shape index (κ3) is 4.73. The maximum atomic E-state index is 13.0. The van der Waals surface area contributed by atoms with Gasteiger partial charge >= 0.3 is 0 Å². The number of nitrogens with zero attached hydrogens (tertiary/aromatic N) is 1. The number of carbonyl (C=O) groups is 1. The van der Waals surface area contributed by atoms with Crippen molar-refractivity contribution in [2.75, 3.05) is 13.1 Å². The second-order valence-electron chi connectivity index (χ2n) is 7.09. The Morgan fingerprint density at radius 3 is 2.52 bits per heavy atom. The van der Waals surface area contributed by atoms with Gasteiger partial charge in [-0.15, -0.1) is 0 Å². The molecule has 2 aromatic rings. The lowest BCUT2D eigenvalue weighted by atomic mass is 10.1. The molecular weight excluding hydrogens is 367 g/mol. The van der Waals surface area contributed by atoms with Crippen molar-refractivity contribution in [2.45, 2.75) is 31.7 Å². The first kappa shape index (κ1) is 19.5. The van der Waals surface area contributed by atoms with Gasteiger partial charge < -0.3 is 4.90 Å². The molecule has 3 rings (SSSR count). The summed E-state index contributed by atoms with van der Waals surface area (Å²) in [5.74, 6) is -0.418. The van der Waals surface area contributed by atoms with Crippen LogP contribution in [0.3, 0.4) is 0 Å². The van der Waals surface area contributed by atoms with E-state index in [9.17, 15) is 17.6 Å². The number of halogens is 1. The number of nitrogens with one attached hydrogen (secondary N) is 1. The average Bonchev–Trinajstić information content (AvgIpc) is 2.95. The molecule has 1 fully saturated rings. The smallest absolute Gasteiger partial charge is 0.240 e.